The van der Waals surface area contributed by atoms with Gasteiger partial charge in [-0.2, -0.15) is 0 Å². The first kappa shape index (κ1) is 31.2. The molecule has 0 unspecified atom stereocenters. The average molecular weight is 452 g/mol. The van der Waals surface area contributed by atoms with E-state index in [1.807, 2.05) is 0 Å². The van der Waals surface area contributed by atoms with Gasteiger partial charge in [0, 0.05) is 10.2 Å². The van der Waals surface area contributed by atoms with Crippen molar-refractivity contribution in [2.24, 2.45) is 0 Å². The normalized spacial score (nSPS) is 11.4. The lowest BCUT2D eigenvalue weighted by Crippen LogP contribution is -1.85. The molecule has 31 heavy (non-hydrogen) atoms. The topological polar surface area (TPSA) is 0 Å². The van der Waals surface area contributed by atoms with Crippen LogP contribution in [-0.4, -0.2) is 10.2 Å². The summed E-state index contributed by atoms with van der Waals surface area (Å²) in [4.78, 5) is 0. The van der Waals surface area contributed by atoms with Gasteiger partial charge in [0.1, 0.15) is 0 Å². The highest BCUT2D eigenvalue weighted by Crippen LogP contribution is 2.16. The zero-order valence-corrected chi connectivity index (χ0v) is 23.6. The van der Waals surface area contributed by atoms with Gasteiger partial charge in [-0.25, -0.2) is 0 Å². The second-order valence-corrected chi connectivity index (χ2v) is 11.1. The molecule has 0 bridgehead atoms. The molecule has 0 amide bonds. The summed E-state index contributed by atoms with van der Waals surface area (Å²) in [5.41, 5.74) is 0. The van der Waals surface area contributed by atoms with Crippen molar-refractivity contribution in [3.8, 4) is 0 Å². The molecule has 0 rings (SSSR count). The highest BCUT2D eigenvalue weighted by Gasteiger charge is 1.96. The van der Waals surface area contributed by atoms with E-state index in [2.05, 4.69) is 17.2 Å². The van der Waals surface area contributed by atoms with E-state index in [1.54, 1.807) is 0 Å². The van der Waals surface area contributed by atoms with Crippen LogP contribution in [0.2, 0.25) is 6.04 Å². The predicted octanol–water partition coefficient (Wildman–Crippen LogP) is 11.0. The van der Waals surface area contributed by atoms with E-state index in [9.17, 15) is 0 Å². The molecule has 1 heteroatoms. The zero-order valence-electron chi connectivity index (χ0n) is 22.2. The summed E-state index contributed by atoms with van der Waals surface area (Å²) in [6.45, 7) is 2.31. The molecule has 0 nitrogen and oxygen atoms in total. The highest BCUT2D eigenvalue weighted by atomic mass is 28.1. The lowest BCUT2D eigenvalue weighted by molar-refractivity contribution is 0.514. The van der Waals surface area contributed by atoms with E-state index < -0.39 is 0 Å². The second kappa shape index (κ2) is 30.2. The fourth-order valence-electron chi connectivity index (χ4n) is 4.85. The summed E-state index contributed by atoms with van der Waals surface area (Å²) in [6.07, 6.45) is 41.6. The first-order valence-electron chi connectivity index (χ1n) is 15.2. The standard InChI is InChI=1S/C30H63Si/c1-2-3-4-5-6-7-8-9-10-11-12-13-14-15-16-17-18-19-20-21-22-23-24-25-26-27-28-29-30-31/h2-31H2,1H3. The summed E-state index contributed by atoms with van der Waals surface area (Å²) in [6, 6.07) is 1.40. The van der Waals surface area contributed by atoms with Crippen LogP contribution in [0.3, 0.4) is 0 Å². The van der Waals surface area contributed by atoms with Gasteiger partial charge < -0.3 is 0 Å². The Morgan fingerprint density at radius 2 is 0.419 bits per heavy atom. The largest absolute Gasteiger partial charge is 0.0654 e. The van der Waals surface area contributed by atoms with E-state index in [4.69, 9.17) is 0 Å². The highest BCUT2D eigenvalue weighted by molar-refractivity contribution is 6.08. The maximum Gasteiger partial charge on any atom is 0.00797 e. The molecular formula is C30H63Si. The molecule has 0 atom stereocenters. The van der Waals surface area contributed by atoms with Crippen LogP contribution < -0.4 is 0 Å². The van der Waals surface area contributed by atoms with Crippen molar-refractivity contribution in [1.29, 1.82) is 0 Å². The minimum Gasteiger partial charge on any atom is -0.0654 e. The molecule has 0 aliphatic rings. The van der Waals surface area contributed by atoms with Crippen molar-refractivity contribution in [2.45, 2.75) is 193 Å². The predicted molar refractivity (Wildman–Crippen MR) is 148 cm³/mol. The Hall–Kier alpha value is 0.217. The van der Waals surface area contributed by atoms with Crippen molar-refractivity contribution < 1.29 is 0 Å². The van der Waals surface area contributed by atoms with Crippen LogP contribution in [0.5, 0.6) is 0 Å². The van der Waals surface area contributed by atoms with Gasteiger partial charge in [-0.15, -0.1) is 0 Å². The maximum atomic E-state index is 2.31. The molecule has 0 heterocycles. The fourth-order valence-corrected chi connectivity index (χ4v) is 5.20. The minimum atomic E-state index is 1.37. The number of hydrogen-bond donors (Lipinski definition) is 0. The lowest BCUT2D eigenvalue weighted by atomic mass is 10.0. The van der Waals surface area contributed by atoms with Crippen molar-refractivity contribution in [1.82, 2.24) is 0 Å². The minimum absolute atomic E-state index is 1.37. The summed E-state index contributed by atoms with van der Waals surface area (Å²) in [5.74, 6) is 0. The molecule has 0 saturated carbocycles. The van der Waals surface area contributed by atoms with Crippen LogP contribution in [0, 0.1) is 0 Å². The van der Waals surface area contributed by atoms with Crippen LogP contribution >= 0.6 is 0 Å². The van der Waals surface area contributed by atoms with Crippen LogP contribution in [0.25, 0.3) is 0 Å². The van der Waals surface area contributed by atoms with Crippen molar-refractivity contribution >= 4 is 10.2 Å². The Morgan fingerprint density at radius 3 is 0.581 bits per heavy atom. The van der Waals surface area contributed by atoms with Crippen LogP contribution in [0.1, 0.15) is 187 Å². The van der Waals surface area contributed by atoms with Gasteiger partial charge in [0.15, 0.2) is 0 Å². The van der Waals surface area contributed by atoms with Gasteiger partial charge >= 0.3 is 0 Å². The SMILES string of the molecule is CCCCCCCCCCCCCCCCCCCCCCCCCCCCCC[SiH2]. The van der Waals surface area contributed by atoms with E-state index in [1.165, 1.54) is 186 Å². The quantitative estimate of drug-likeness (QED) is 0.0819. The summed E-state index contributed by atoms with van der Waals surface area (Å²) in [7, 11) is 2.13. The average Bonchev–Trinajstić information content (AvgIpc) is 2.78. The molecule has 0 aromatic rings. The Labute approximate surface area is 202 Å². The van der Waals surface area contributed by atoms with Gasteiger partial charge in [-0.05, 0) is 0 Å². The molecule has 0 N–H and O–H groups in total. The second-order valence-electron chi connectivity index (χ2n) is 10.4. The van der Waals surface area contributed by atoms with Crippen molar-refractivity contribution in [2.75, 3.05) is 0 Å². The van der Waals surface area contributed by atoms with Crippen LogP contribution in [0.15, 0.2) is 0 Å². The molecule has 0 fully saturated rings. The number of hydrogen-bond acceptors (Lipinski definition) is 0. The monoisotopic (exact) mass is 451 g/mol. The van der Waals surface area contributed by atoms with E-state index in [0.29, 0.717) is 0 Å². The van der Waals surface area contributed by atoms with E-state index in [-0.39, 0.29) is 0 Å². The Morgan fingerprint density at radius 1 is 0.258 bits per heavy atom. The fraction of sp³-hybridized carbons (Fsp3) is 1.00. The third kappa shape index (κ3) is 30.2. The molecule has 0 saturated heterocycles. The Bertz CT molecular complexity index is 260. The van der Waals surface area contributed by atoms with Crippen LogP contribution in [0.4, 0.5) is 0 Å². The summed E-state index contributed by atoms with van der Waals surface area (Å²) >= 11 is 0. The summed E-state index contributed by atoms with van der Waals surface area (Å²) in [5, 5.41) is 0. The number of rotatable bonds is 28. The molecule has 0 aromatic carbocycles. The third-order valence-electron chi connectivity index (χ3n) is 7.10. The van der Waals surface area contributed by atoms with Gasteiger partial charge in [0.25, 0.3) is 0 Å². The molecule has 187 valence electrons. The molecule has 0 aromatic heterocycles. The first-order chi connectivity index (χ1) is 15.4. The van der Waals surface area contributed by atoms with Gasteiger partial charge in [-0.3, -0.25) is 0 Å². The Kier molecular flexibility index (Phi) is 30.4. The third-order valence-corrected chi connectivity index (χ3v) is 7.60. The van der Waals surface area contributed by atoms with E-state index >= 15 is 0 Å². The first-order valence-corrected chi connectivity index (χ1v) is 16.2. The molecule has 1 radical (unpaired) electrons. The summed E-state index contributed by atoms with van der Waals surface area (Å²) < 4.78 is 0. The molecule has 0 spiro atoms. The van der Waals surface area contributed by atoms with Gasteiger partial charge in [-0.1, -0.05) is 193 Å². The molecular weight excluding hydrogens is 388 g/mol. The number of unbranched alkanes of at least 4 members (excludes halogenated alkanes) is 27. The maximum absolute atomic E-state index is 2.31. The molecule has 0 aliphatic heterocycles. The van der Waals surface area contributed by atoms with Crippen molar-refractivity contribution in [3.05, 3.63) is 0 Å². The van der Waals surface area contributed by atoms with Crippen LogP contribution in [-0.2, 0) is 0 Å². The lowest BCUT2D eigenvalue weighted by Gasteiger charge is -2.04. The van der Waals surface area contributed by atoms with Crippen molar-refractivity contribution in [3.63, 3.8) is 0 Å². The van der Waals surface area contributed by atoms with Gasteiger partial charge in [0.2, 0.25) is 0 Å². The van der Waals surface area contributed by atoms with E-state index in [0.717, 1.165) is 0 Å². The van der Waals surface area contributed by atoms with Gasteiger partial charge in [0.05, 0.1) is 0 Å². The molecule has 0 aliphatic carbocycles. The smallest absolute Gasteiger partial charge is 0.00797 e. The Balaban J connectivity index is 2.98. The zero-order chi connectivity index (χ0) is 22.5.